The molecule has 0 radical (unpaired) electrons. The summed E-state index contributed by atoms with van der Waals surface area (Å²) in [6, 6.07) is 7.24. The molecule has 7 heteroatoms. The van der Waals surface area contributed by atoms with Crippen molar-refractivity contribution in [1.82, 2.24) is 10.6 Å². The summed E-state index contributed by atoms with van der Waals surface area (Å²) < 4.78 is 4.89. The molecule has 1 rings (SSSR count). The number of hydrogen-bond acceptors (Lipinski definition) is 3. The van der Waals surface area contributed by atoms with Crippen LogP contribution >= 0.6 is 24.0 Å². The van der Waals surface area contributed by atoms with E-state index in [-0.39, 0.29) is 29.9 Å². The summed E-state index contributed by atoms with van der Waals surface area (Å²) in [4.78, 5) is 15.5. The van der Waals surface area contributed by atoms with Gasteiger partial charge in [0.2, 0.25) is 0 Å². The molecule has 1 aromatic carbocycles. The first-order valence-electron chi connectivity index (χ1n) is 6.01. The van der Waals surface area contributed by atoms with Crippen LogP contribution in [0, 0.1) is 0 Å². The van der Waals surface area contributed by atoms with Crippen LogP contribution < -0.4 is 16.4 Å². The number of halogens is 1. The second-order valence-electron chi connectivity index (χ2n) is 3.90. The Hall–Kier alpha value is -1.35. The van der Waals surface area contributed by atoms with Crippen molar-refractivity contribution in [2.45, 2.75) is 6.54 Å². The Kier molecular flexibility index (Phi) is 9.73. The van der Waals surface area contributed by atoms with Gasteiger partial charge in [-0.15, -0.1) is 24.0 Å². The zero-order chi connectivity index (χ0) is 14.1. The van der Waals surface area contributed by atoms with Crippen molar-refractivity contribution in [3.63, 3.8) is 0 Å². The quantitative estimate of drug-likeness (QED) is 0.288. The van der Waals surface area contributed by atoms with Gasteiger partial charge in [0, 0.05) is 26.3 Å². The zero-order valence-corrected chi connectivity index (χ0v) is 14.0. The summed E-state index contributed by atoms with van der Waals surface area (Å²) in [5.41, 5.74) is 7.30. The van der Waals surface area contributed by atoms with Crippen molar-refractivity contribution in [3.05, 3.63) is 35.4 Å². The van der Waals surface area contributed by atoms with Gasteiger partial charge >= 0.3 is 0 Å². The molecule has 20 heavy (non-hydrogen) atoms. The number of carbonyl (C=O) groups is 1. The minimum absolute atomic E-state index is 0. The van der Waals surface area contributed by atoms with E-state index in [1.54, 1.807) is 26.3 Å². The van der Waals surface area contributed by atoms with E-state index in [1.807, 2.05) is 12.1 Å². The summed E-state index contributed by atoms with van der Waals surface area (Å²) in [6.45, 7) is 1.68. The number of nitrogens with zero attached hydrogens (tertiary/aromatic N) is 1. The van der Waals surface area contributed by atoms with Crippen molar-refractivity contribution in [2.24, 2.45) is 10.7 Å². The number of amides is 1. The first-order chi connectivity index (χ1) is 9.17. The summed E-state index contributed by atoms with van der Waals surface area (Å²) in [6.07, 6.45) is 0. The number of benzene rings is 1. The molecule has 112 valence electrons. The highest BCUT2D eigenvalue weighted by Crippen LogP contribution is 2.05. The lowest BCUT2D eigenvalue weighted by Gasteiger charge is -2.05. The molecule has 0 aliphatic carbocycles. The highest BCUT2D eigenvalue weighted by Gasteiger charge is 2.01. The number of carbonyl (C=O) groups excluding carboxylic acids is 1. The molecule has 4 N–H and O–H groups in total. The third-order valence-electron chi connectivity index (χ3n) is 2.49. The minimum atomic E-state index is -0.101. The van der Waals surface area contributed by atoms with Crippen LogP contribution in [0.25, 0.3) is 0 Å². The van der Waals surface area contributed by atoms with Gasteiger partial charge in [0.05, 0.1) is 13.2 Å². The van der Waals surface area contributed by atoms with E-state index in [0.717, 1.165) is 5.56 Å². The van der Waals surface area contributed by atoms with Crippen LogP contribution in [0.15, 0.2) is 29.3 Å². The van der Waals surface area contributed by atoms with Gasteiger partial charge in [0.25, 0.3) is 5.91 Å². The van der Waals surface area contributed by atoms with Crippen molar-refractivity contribution >= 4 is 35.8 Å². The van der Waals surface area contributed by atoms with Crippen molar-refractivity contribution in [3.8, 4) is 0 Å². The van der Waals surface area contributed by atoms with Gasteiger partial charge in [-0.3, -0.25) is 4.79 Å². The van der Waals surface area contributed by atoms with E-state index >= 15 is 0 Å². The summed E-state index contributed by atoms with van der Waals surface area (Å²) in [5.74, 6) is 0.281. The summed E-state index contributed by atoms with van der Waals surface area (Å²) in [5, 5.41) is 5.50. The molecule has 0 atom stereocenters. The van der Waals surface area contributed by atoms with Gasteiger partial charge in [0.15, 0.2) is 5.96 Å². The number of nitrogens with two attached hydrogens (primary N) is 1. The number of hydrogen-bond donors (Lipinski definition) is 3. The molecule has 1 amide bonds. The Bertz CT molecular complexity index is 435. The molecular weight excluding hydrogens is 371 g/mol. The fourth-order valence-corrected chi connectivity index (χ4v) is 1.42. The predicted octanol–water partition coefficient (Wildman–Crippen LogP) is 0.715. The second kappa shape index (κ2) is 10.4. The third-order valence-corrected chi connectivity index (χ3v) is 2.49. The van der Waals surface area contributed by atoms with E-state index < -0.39 is 0 Å². The molecule has 0 spiro atoms. The van der Waals surface area contributed by atoms with E-state index in [4.69, 9.17) is 10.5 Å². The molecule has 0 heterocycles. The van der Waals surface area contributed by atoms with Crippen molar-refractivity contribution in [2.75, 3.05) is 27.3 Å². The molecule has 0 aromatic heterocycles. The van der Waals surface area contributed by atoms with Gasteiger partial charge in [-0.25, -0.2) is 4.99 Å². The standard InChI is InChI=1S/C13H20N4O2.HI/c1-15-12(18)11-5-3-10(4-6-11)9-17-13(14)16-7-8-19-2;/h3-6H,7-9H2,1-2H3,(H,15,18)(H3,14,16,17);1H. The fourth-order valence-electron chi connectivity index (χ4n) is 1.42. The van der Waals surface area contributed by atoms with Crippen molar-refractivity contribution in [1.29, 1.82) is 0 Å². The number of guanidine groups is 1. The van der Waals surface area contributed by atoms with Crippen LogP contribution in [0.3, 0.4) is 0 Å². The average Bonchev–Trinajstić information content (AvgIpc) is 2.45. The highest BCUT2D eigenvalue weighted by molar-refractivity contribution is 14.0. The lowest BCUT2D eigenvalue weighted by molar-refractivity contribution is 0.0963. The highest BCUT2D eigenvalue weighted by atomic mass is 127. The van der Waals surface area contributed by atoms with Crippen LogP contribution in [0.4, 0.5) is 0 Å². The zero-order valence-electron chi connectivity index (χ0n) is 11.7. The van der Waals surface area contributed by atoms with Gasteiger partial charge in [-0.2, -0.15) is 0 Å². The number of methoxy groups -OCH3 is 1. The third kappa shape index (κ3) is 6.71. The number of aliphatic imine (C=N–C) groups is 1. The Balaban J connectivity index is 0.00000361. The SMILES string of the molecule is CNC(=O)c1ccc(CN=C(N)NCCOC)cc1.I. The molecule has 1 aromatic rings. The molecule has 0 fully saturated rings. The van der Waals surface area contributed by atoms with Crippen LogP contribution in [-0.4, -0.2) is 39.2 Å². The maximum Gasteiger partial charge on any atom is 0.251 e. The van der Waals surface area contributed by atoms with Crippen LogP contribution in [0.2, 0.25) is 0 Å². The first-order valence-corrected chi connectivity index (χ1v) is 6.01. The molecular formula is C13H21IN4O2. The first kappa shape index (κ1) is 18.7. The van der Waals surface area contributed by atoms with Gasteiger partial charge in [-0.05, 0) is 17.7 Å². The van der Waals surface area contributed by atoms with Gasteiger partial charge in [0.1, 0.15) is 0 Å². The van der Waals surface area contributed by atoms with Crippen LogP contribution in [0.1, 0.15) is 15.9 Å². The fraction of sp³-hybridized carbons (Fsp3) is 0.385. The molecule has 0 aliphatic rings. The smallest absolute Gasteiger partial charge is 0.251 e. The monoisotopic (exact) mass is 392 g/mol. The van der Waals surface area contributed by atoms with E-state index in [2.05, 4.69) is 15.6 Å². The Morgan fingerprint density at radius 3 is 2.55 bits per heavy atom. The normalized spacial score (nSPS) is 10.6. The number of rotatable bonds is 6. The predicted molar refractivity (Wildman–Crippen MR) is 90.5 cm³/mol. The van der Waals surface area contributed by atoms with Gasteiger partial charge in [-0.1, -0.05) is 12.1 Å². The maximum atomic E-state index is 11.4. The second-order valence-corrected chi connectivity index (χ2v) is 3.90. The molecule has 0 unspecified atom stereocenters. The topological polar surface area (TPSA) is 88.7 Å². The van der Waals surface area contributed by atoms with E-state index in [1.165, 1.54) is 0 Å². The lowest BCUT2D eigenvalue weighted by atomic mass is 10.1. The van der Waals surface area contributed by atoms with E-state index in [9.17, 15) is 4.79 Å². The maximum absolute atomic E-state index is 11.4. The number of nitrogens with one attached hydrogen (secondary N) is 2. The largest absolute Gasteiger partial charge is 0.383 e. The summed E-state index contributed by atoms with van der Waals surface area (Å²) >= 11 is 0. The van der Waals surface area contributed by atoms with Crippen LogP contribution in [-0.2, 0) is 11.3 Å². The molecule has 0 aliphatic heterocycles. The lowest BCUT2D eigenvalue weighted by Crippen LogP contribution is -2.34. The summed E-state index contributed by atoms with van der Waals surface area (Å²) in [7, 11) is 3.23. The number of ether oxygens (including phenoxy) is 1. The Labute approximate surface area is 136 Å². The van der Waals surface area contributed by atoms with Gasteiger partial charge < -0.3 is 21.1 Å². The Morgan fingerprint density at radius 2 is 2.00 bits per heavy atom. The average molecular weight is 392 g/mol. The minimum Gasteiger partial charge on any atom is -0.383 e. The van der Waals surface area contributed by atoms with Crippen molar-refractivity contribution < 1.29 is 9.53 Å². The molecule has 6 nitrogen and oxygen atoms in total. The van der Waals surface area contributed by atoms with E-state index in [0.29, 0.717) is 31.2 Å². The molecule has 0 saturated carbocycles. The molecule has 0 saturated heterocycles. The Morgan fingerprint density at radius 1 is 1.35 bits per heavy atom. The van der Waals surface area contributed by atoms with Crippen LogP contribution in [0.5, 0.6) is 0 Å². The molecule has 0 bridgehead atoms.